The molecule has 0 bridgehead atoms. The summed E-state index contributed by atoms with van der Waals surface area (Å²) in [5.41, 5.74) is -0.910. The van der Waals surface area contributed by atoms with Crippen molar-refractivity contribution >= 4 is 23.5 Å². The van der Waals surface area contributed by atoms with E-state index in [9.17, 15) is 18.8 Å². The zero-order valence-corrected chi connectivity index (χ0v) is 19.6. The lowest BCUT2D eigenvalue weighted by Crippen LogP contribution is -2.56. The van der Waals surface area contributed by atoms with E-state index in [1.165, 1.54) is 6.07 Å². The van der Waals surface area contributed by atoms with Crippen LogP contribution in [-0.2, 0) is 19.1 Å². The van der Waals surface area contributed by atoms with Crippen molar-refractivity contribution in [2.24, 2.45) is 11.8 Å². The highest BCUT2D eigenvalue weighted by molar-refractivity contribution is 6.24. The predicted molar refractivity (Wildman–Crippen MR) is 123 cm³/mol. The molecular formula is C26H27FN2O6. The molecule has 0 radical (unpaired) electrons. The molecule has 2 fully saturated rings. The van der Waals surface area contributed by atoms with Crippen LogP contribution in [0.4, 0.5) is 10.1 Å². The minimum absolute atomic E-state index is 0.113. The first kappa shape index (κ1) is 23.3. The summed E-state index contributed by atoms with van der Waals surface area (Å²) in [7, 11) is 0. The molecule has 2 amide bonds. The number of imide groups is 1. The number of halogens is 1. The van der Waals surface area contributed by atoms with Crippen LogP contribution in [0.15, 0.2) is 42.5 Å². The van der Waals surface area contributed by atoms with E-state index < -0.39 is 47.0 Å². The summed E-state index contributed by atoms with van der Waals surface area (Å²) in [5.74, 6) is -3.23. The number of hydrogen-bond acceptors (Lipinski definition) is 7. The van der Waals surface area contributed by atoms with Gasteiger partial charge in [-0.15, -0.1) is 0 Å². The number of esters is 1. The molecule has 2 saturated heterocycles. The number of carbonyl (C=O) groups is 3. The van der Waals surface area contributed by atoms with Gasteiger partial charge in [0.2, 0.25) is 11.8 Å². The van der Waals surface area contributed by atoms with Crippen molar-refractivity contribution in [1.82, 2.24) is 5.32 Å². The van der Waals surface area contributed by atoms with Gasteiger partial charge >= 0.3 is 5.97 Å². The maximum atomic E-state index is 14.9. The quantitative estimate of drug-likeness (QED) is 0.499. The molecule has 184 valence electrons. The second-order valence-electron chi connectivity index (χ2n) is 8.93. The van der Waals surface area contributed by atoms with Gasteiger partial charge in [0.25, 0.3) is 0 Å². The average molecular weight is 483 g/mol. The van der Waals surface area contributed by atoms with Crippen LogP contribution in [0.2, 0.25) is 0 Å². The Morgan fingerprint density at radius 2 is 1.86 bits per heavy atom. The van der Waals surface area contributed by atoms with Crippen molar-refractivity contribution in [3.8, 4) is 11.5 Å². The number of nitrogens with zero attached hydrogens (tertiary/aromatic N) is 1. The van der Waals surface area contributed by atoms with E-state index in [1.54, 1.807) is 43.3 Å². The first-order valence-corrected chi connectivity index (χ1v) is 11.9. The second kappa shape index (κ2) is 8.96. The average Bonchev–Trinajstić information content (AvgIpc) is 3.33. The Kier molecular flexibility index (Phi) is 5.96. The van der Waals surface area contributed by atoms with Crippen molar-refractivity contribution in [3.63, 3.8) is 0 Å². The van der Waals surface area contributed by atoms with Gasteiger partial charge in [0.05, 0.1) is 24.1 Å². The van der Waals surface area contributed by atoms with Gasteiger partial charge in [0, 0.05) is 17.7 Å². The van der Waals surface area contributed by atoms with E-state index in [0.29, 0.717) is 36.8 Å². The molecule has 3 aliphatic heterocycles. The smallest absolute Gasteiger partial charge is 0.327 e. The first-order chi connectivity index (χ1) is 16.9. The van der Waals surface area contributed by atoms with Gasteiger partial charge in [-0.05, 0) is 31.5 Å². The third-order valence-corrected chi connectivity index (χ3v) is 6.96. The lowest BCUT2D eigenvalue weighted by atomic mass is 9.77. The van der Waals surface area contributed by atoms with Crippen LogP contribution in [0.25, 0.3) is 0 Å². The SMILES string of the molecule is CCC[C@]1(C(=O)OCC)N[C@H](c2ccccc2F)[C@@H]2C(=O)N(c3ccc4c(c3)OCCO4)C(=O)[C@@H]21. The summed E-state index contributed by atoms with van der Waals surface area (Å²) in [4.78, 5) is 42.2. The van der Waals surface area contributed by atoms with E-state index in [1.807, 2.05) is 6.92 Å². The molecule has 0 saturated carbocycles. The van der Waals surface area contributed by atoms with Gasteiger partial charge in [0.1, 0.15) is 24.6 Å². The Balaban J connectivity index is 1.63. The number of rotatable bonds is 6. The van der Waals surface area contributed by atoms with Crippen molar-refractivity contribution < 1.29 is 33.0 Å². The summed E-state index contributed by atoms with van der Waals surface area (Å²) < 4.78 is 31.5. The summed E-state index contributed by atoms with van der Waals surface area (Å²) in [6.07, 6.45) is 0.802. The van der Waals surface area contributed by atoms with Gasteiger partial charge in [-0.3, -0.25) is 19.7 Å². The highest BCUT2D eigenvalue weighted by Crippen LogP contribution is 2.52. The molecule has 9 heteroatoms. The molecule has 5 rings (SSSR count). The molecule has 0 spiro atoms. The van der Waals surface area contributed by atoms with E-state index in [-0.39, 0.29) is 18.6 Å². The van der Waals surface area contributed by atoms with Crippen LogP contribution in [-0.4, -0.2) is 43.1 Å². The van der Waals surface area contributed by atoms with Crippen LogP contribution >= 0.6 is 0 Å². The fourth-order valence-corrected chi connectivity index (χ4v) is 5.60. The number of amides is 2. The van der Waals surface area contributed by atoms with Gasteiger partial charge in [-0.1, -0.05) is 31.5 Å². The summed E-state index contributed by atoms with van der Waals surface area (Å²) in [5, 5.41) is 3.20. The fraction of sp³-hybridized carbons (Fsp3) is 0.423. The molecule has 0 unspecified atom stereocenters. The molecular weight excluding hydrogens is 455 g/mol. The molecule has 0 aliphatic carbocycles. The monoisotopic (exact) mass is 482 g/mol. The van der Waals surface area contributed by atoms with Crippen LogP contribution < -0.4 is 19.7 Å². The number of ether oxygens (including phenoxy) is 3. The zero-order chi connectivity index (χ0) is 24.7. The lowest BCUT2D eigenvalue weighted by molar-refractivity contribution is -0.155. The second-order valence-corrected chi connectivity index (χ2v) is 8.93. The fourth-order valence-electron chi connectivity index (χ4n) is 5.60. The van der Waals surface area contributed by atoms with Gasteiger partial charge in [-0.2, -0.15) is 0 Å². The molecule has 4 atom stereocenters. The molecule has 35 heavy (non-hydrogen) atoms. The number of carbonyl (C=O) groups excluding carboxylic acids is 3. The van der Waals surface area contributed by atoms with Gasteiger partial charge in [0.15, 0.2) is 11.5 Å². The van der Waals surface area contributed by atoms with Crippen LogP contribution in [0.5, 0.6) is 11.5 Å². The number of benzene rings is 2. The Morgan fingerprint density at radius 3 is 2.57 bits per heavy atom. The maximum Gasteiger partial charge on any atom is 0.327 e. The minimum Gasteiger partial charge on any atom is -0.486 e. The van der Waals surface area contributed by atoms with Crippen molar-refractivity contribution in [1.29, 1.82) is 0 Å². The standard InChI is InChI=1S/C26H27FN2O6/c1-3-11-26(25(32)33-4-2)21-20(22(28-26)16-7-5-6-8-17(16)27)23(30)29(24(21)31)15-9-10-18-19(14-15)35-13-12-34-18/h5-10,14,20-22,28H,3-4,11-13H2,1-2H3/t20-,21-,22-,26+/m1/s1. The lowest BCUT2D eigenvalue weighted by Gasteiger charge is -2.32. The normalized spacial score (nSPS) is 27.2. The van der Waals surface area contributed by atoms with E-state index in [0.717, 1.165) is 4.90 Å². The molecule has 2 aromatic carbocycles. The number of anilines is 1. The van der Waals surface area contributed by atoms with Crippen LogP contribution in [0.3, 0.4) is 0 Å². The number of nitrogens with one attached hydrogen (secondary N) is 1. The van der Waals surface area contributed by atoms with Crippen molar-refractivity contribution in [2.75, 3.05) is 24.7 Å². The first-order valence-electron chi connectivity index (χ1n) is 11.9. The molecule has 8 nitrogen and oxygen atoms in total. The van der Waals surface area contributed by atoms with E-state index in [4.69, 9.17) is 14.2 Å². The third kappa shape index (κ3) is 3.56. The van der Waals surface area contributed by atoms with E-state index in [2.05, 4.69) is 5.32 Å². The highest BCUT2D eigenvalue weighted by Gasteiger charge is 2.68. The highest BCUT2D eigenvalue weighted by atomic mass is 19.1. The maximum absolute atomic E-state index is 14.9. The largest absolute Gasteiger partial charge is 0.486 e. The van der Waals surface area contributed by atoms with Crippen LogP contribution in [0, 0.1) is 17.7 Å². The Morgan fingerprint density at radius 1 is 1.11 bits per heavy atom. The molecule has 3 heterocycles. The van der Waals surface area contributed by atoms with Crippen molar-refractivity contribution in [2.45, 2.75) is 38.3 Å². The number of hydrogen-bond donors (Lipinski definition) is 1. The summed E-state index contributed by atoms with van der Waals surface area (Å²) >= 11 is 0. The van der Waals surface area contributed by atoms with Crippen molar-refractivity contribution in [3.05, 3.63) is 53.8 Å². The number of fused-ring (bicyclic) bond motifs is 2. The minimum atomic E-state index is -1.46. The third-order valence-electron chi connectivity index (χ3n) is 6.96. The molecule has 2 aromatic rings. The zero-order valence-electron chi connectivity index (χ0n) is 19.6. The van der Waals surface area contributed by atoms with Gasteiger partial charge < -0.3 is 14.2 Å². The van der Waals surface area contributed by atoms with Gasteiger partial charge in [-0.25, -0.2) is 9.29 Å². The Labute approximate surface area is 202 Å². The molecule has 0 aromatic heterocycles. The topological polar surface area (TPSA) is 94.2 Å². The summed E-state index contributed by atoms with van der Waals surface area (Å²) in [6, 6.07) is 10.1. The predicted octanol–water partition coefficient (Wildman–Crippen LogP) is 3.15. The van der Waals surface area contributed by atoms with E-state index >= 15 is 0 Å². The summed E-state index contributed by atoms with van der Waals surface area (Å²) in [6.45, 7) is 4.44. The van der Waals surface area contributed by atoms with Crippen LogP contribution in [0.1, 0.15) is 38.3 Å². The molecule has 3 aliphatic rings. The Bertz CT molecular complexity index is 1190. The Hall–Kier alpha value is -3.46. The molecule has 1 N–H and O–H groups in total.